The predicted molar refractivity (Wildman–Crippen MR) is 136 cm³/mol. The molecule has 0 aliphatic heterocycles. The number of fused-ring (bicyclic) bond motifs is 1. The molecule has 36 heavy (non-hydrogen) atoms. The van der Waals surface area contributed by atoms with Crippen LogP contribution in [0.4, 0.5) is 0 Å². The Kier molecular flexibility index (Phi) is 7.94. The molecule has 0 radical (unpaired) electrons. The van der Waals surface area contributed by atoms with Crippen molar-refractivity contribution >= 4 is 33.3 Å². The second-order valence-electron chi connectivity index (χ2n) is 8.03. The Morgan fingerprint density at radius 2 is 1.58 bits per heavy atom. The minimum Gasteiger partial charge on any atom is -0.493 e. The standard InChI is InChI=1S/C23H31N5O7S/c1-7-11-27-21-17(22(29)28(12-8-2)23(27)30)26(3)16(25-21)10-9-14-13-15(33-4)18(34-5)19(35-6)20(14)36(24,31)32/h9-10,13H,7-8,11-12H2,1-6H3,(H2,24,31,32). The van der Waals surface area contributed by atoms with Gasteiger partial charge in [0, 0.05) is 25.7 Å². The molecule has 0 fully saturated rings. The number of aryl methyl sites for hydroxylation is 2. The van der Waals surface area contributed by atoms with Gasteiger partial charge in [-0.2, -0.15) is 0 Å². The highest BCUT2D eigenvalue weighted by atomic mass is 32.2. The number of sulfonamides is 1. The molecule has 2 N–H and O–H groups in total. The smallest absolute Gasteiger partial charge is 0.332 e. The largest absolute Gasteiger partial charge is 0.493 e. The van der Waals surface area contributed by atoms with Gasteiger partial charge in [-0.05, 0) is 31.1 Å². The Morgan fingerprint density at radius 3 is 2.11 bits per heavy atom. The highest BCUT2D eigenvalue weighted by Crippen LogP contribution is 2.44. The summed E-state index contributed by atoms with van der Waals surface area (Å²) < 4.78 is 45.2. The van der Waals surface area contributed by atoms with Crippen molar-refractivity contribution in [3.63, 3.8) is 0 Å². The molecule has 0 amide bonds. The van der Waals surface area contributed by atoms with E-state index < -0.39 is 21.3 Å². The van der Waals surface area contributed by atoms with Crippen molar-refractivity contribution in [3.8, 4) is 17.2 Å². The first-order chi connectivity index (χ1) is 17.0. The first kappa shape index (κ1) is 27.0. The molecule has 0 bridgehead atoms. The summed E-state index contributed by atoms with van der Waals surface area (Å²) in [6.45, 7) is 4.49. The molecule has 2 heterocycles. The molecular formula is C23H31N5O7S. The zero-order chi connectivity index (χ0) is 26.8. The Hall–Kier alpha value is -3.58. The van der Waals surface area contributed by atoms with E-state index in [4.69, 9.17) is 19.3 Å². The maximum absolute atomic E-state index is 13.1. The van der Waals surface area contributed by atoms with Crippen LogP contribution in [0.3, 0.4) is 0 Å². The van der Waals surface area contributed by atoms with Gasteiger partial charge in [0.1, 0.15) is 10.7 Å². The average Bonchev–Trinajstić information content (AvgIpc) is 3.17. The molecule has 0 spiro atoms. The minimum absolute atomic E-state index is 0.0731. The third kappa shape index (κ3) is 4.63. The first-order valence-electron chi connectivity index (χ1n) is 11.3. The van der Waals surface area contributed by atoms with E-state index >= 15 is 0 Å². The van der Waals surface area contributed by atoms with Gasteiger partial charge in [0.15, 0.2) is 22.7 Å². The van der Waals surface area contributed by atoms with E-state index in [0.717, 1.165) is 0 Å². The number of nitrogens with zero attached hydrogens (tertiary/aromatic N) is 4. The number of methoxy groups -OCH3 is 3. The van der Waals surface area contributed by atoms with Crippen LogP contribution >= 0.6 is 0 Å². The van der Waals surface area contributed by atoms with E-state index in [1.807, 2.05) is 13.8 Å². The fourth-order valence-corrected chi connectivity index (χ4v) is 4.99. The van der Waals surface area contributed by atoms with Gasteiger partial charge in [0.05, 0.1) is 21.3 Å². The van der Waals surface area contributed by atoms with Crippen LogP contribution in [0, 0.1) is 0 Å². The monoisotopic (exact) mass is 521 g/mol. The molecule has 2 aromatic heterocycles. The summed E-state index contributed by atoms with van der Waals surface area (Å²) in [5.74, 6) is 0.521. The van der Waals surface area contributed by atoms with Crippen LogP contribution in [0.25, 0.3) is 23.3 Å². The molecular weight excluding hydrogens is 490 g/mol. The molecule has 0 aliphatic rings. The van der Waals surface area contributed by atoms with Crippen molar-refractivity contribution in [1.29, 1.82) is 0 Å². The summed E-state index contributed by atoms with van der Waals surface area (Å²) in [4.78, 5) is 30.4. The Labute approximate surface area is 208 Å². The number of imidazole rings is 1. The molecule has 0 atom stereocenters. The lowest BCUT2D eigenvalue weighted by atomic mass is 10.1. The van der Waals surface area contributed by atoms with Crippen molar-refractivity contribution in [2.45, 2.75) is 44.7 Å². The number of rotatable bonds is 10. The molecule has 196 valence electrons. The van der Waals surface area contributed by atoms with Gasteiger partial charge in [-0.15, -0.1) is 0 Å². The Morgan fingerprint density at radius 1 is 0.972 bits per heavy atom. The van der Waals surface area contributed by atoms with E-state index in [0.29, 0.717) is 25.2 Å². The normalized spacial score (nSPS) is 12.0. The number of nitrogens with two attached hydrogens (primary N) is 1. The maximum atomic E-state index is 13.1. The quantitative estimate of drug-likeness (QED) is 0.422. The zero-order valence-corrected chi connectivity index (χ0v) is 22.0. The summed E-state index contributed by atoms with van der Waals surface area (Å²) in [5.41, 5.74) is -0.151. The van der Waals surface area contributed by atoms with Gasteiger partial charge in [0.2, 0.25) is 15.8 Å². The molecule has 0 aliphatic carbocycles. The zero-order valence-electron chi connectivity index (χ0n) is 21.2. The fourth-order valence-electron chi connectivity index (χ4n) is 4.10. The second kappa shape index (κ2) is 10.6. The highest BCUT2D eigenvalue weighted by molar-refractivity contribution is 7.89. The van der Waals surface area contributed by atoms with Crippen LogP contribution in [0.5, 0.6) is 17.2 Å². The summed E-state index contributed by atoms with van der Waals surface area (Å²) in [5, 5.41) is 5.50. The molecule has 1 aromatic carbocycles. The van der Waals surface area contributed by atoms with E-state index in [1.54, 1.807) is 11.6 Å². The van der Waals surface area contributed by atoms with Crippen LogP contribution in [0.2, 0.25) is 0 Å². The molecule has 12 nitrogen and oxygen atoms in total. The van der Waals surface area contributed by atoms with Crippen molar-refractivity contribution in [3.05, 3.63) is 38.3 Å². The SMILES string of the molecule is CCCn1c(=O)c2c(nc(C=Cc3cc(OC)c(OC)c(OC)c3S(N)(=O)=O)n2C)n(CCC)c1=O. The Balaban J connectivity index is 2.32. The van der Waals surface area contributed by atoms with Crippen molar-refractivity contribution in [1.82, 2.24) is 18.7 Å². The molecule has 3 aromatic rings. The van der Waals surface area contributed by atoms with Crippen molar-refractivity contribution in [2.24, 2.45) is 12.2 Å². The Bertz CT molecular complexity index is 1550. The molecule has 0 saturated heterocycles. The first-order valence-corrected chi connectivity index (χ1v) is 12.8. The van der Waals surface area contributed by atoms with Gasteiger partial charge in [0.25, 0.3) is 5.56 Å². The lowest BCUT2D eigenvalue weighted by Crippen LogP contribution is -2.40. The van der Waals surface area contributed by atoms with Crippen molar-refractivity contribution in [2.75, 3.05) is 21.3 Å². The maximum Gasteiger partial charge on any atom is 0.332 e. The lowest BCUT2D eigenvalue weighted by Gasteiger charge is -2.17. The van der Waals surface area contributed by atoms with E-state index in [9.17, 15) is 18.0 Å². The summed E-state index contributed by atoms with van der Waals surface area (Å²) in [7, 11) is 1.45. The molecule has 0 unspecified atom stereocenters. The average molecular weight is 522 g/mol. The van der Waals surface area contributed by atoms with Crippen LogP contribution in [-0.4, -0.2) is 48.4 Å². The van der Waals surface area contributed by atoms with E-state index in [2.05, 4.69) is 4.98 Å². The summed E-state index contributed by atoms with van der Waals surface area (Å²) >= 11 is 0. The van der Waals surface area contributed by atoms with Gasteiger partial charge in [-0.3, -0.25) is 13.9 Å². The second-order valence-corrected chi connectivity index (χ2v) is 9.53. The van der Waals surface area contributed by atoms with E-state index in [1.165, 1.54) is 48.7 Å². The summed E-state index contributed by atoms with van der Waals surface area (Å²) in [6, 6.07) is 1.45. The minimum atomic E-state index is -4.25. The number of hydrogen-bond donors (Lipinski definition) is 1. The van der Waals surface area contributed by atoms with Crippen LogP contribution in [0.1, 0.15) is 38.1 Å². The van der Waals surface area contributed by atoms with Gasteiger partial charge in [-0.25, -0.2) is 23.3 Å². The fraction of sp³-hybridized carbons (Fsp3) is 0.435. The summed E-state index contributed by atoms with van der Waals surface area (Å²) in [6.07, 6.45) is 4.29. The van der Waals surface area contributed by atoms with E-state index in [-0.39, 0.29) is 45.4 Å². The van der Waals surface area contributed by atoms with Gasteiger partial charge >= 0.3 is 5.69 Å². The van der Waals surface area contributed by atoms with Gasteiger partial charge in [-0.1, -0.05) is 13.8 Å². The highest BCUT2D eigenvalue weighted by Gasteiger charge is 2.27. The third-order valence-corrected chi connectivity index (χ3v) is 6.67. The predicted octanol–water partition coefficient (Wildman–Crippen LogP) is 1.56. The van der Waals surface area contributed by atoms with Gasteiger partial charge < -0.3 is 18.8 Å². The number of aromatic nitrogens is 4. The number of primary sulfonamides is 1. The molecule has 13 heteroatoms. The third-order valence-electron chi connectivity index (χ3n) is 5.68. The number of benzene rings is 1. The van der Waals surface area contributed by atoms with Crippen molar-refractivity contribution < 1.29 is 22.6 Å². The van der Waals surface area contributed by atoms with Crippen LogP contribution < -0.4 is 30.6 Å². The molecule has 3 rings (SSSR count). The van der Waals surface area contributed by atoms with Crippen LogP contribution in [0.15, 0.2) is 20.6 Å². The number of ether oxygens (including phenoxy) is 3. The number of hydrogen-bond acceptors (Lipinski definition) is 8. The van der Waals surface area contributed by atoms with Crippen LogP contribution in [-0.2, 0) is 30.2 Å². The molecule has 0 saturated carbocycles. The topological polar surface area (TPSA) is 150 Å². The lowest BCUT2D eigenvalue weighted by molar-refractivity contribution is 0.318.